The lowest BCUT2D eigenvalue weighted by atomic mass is 10.0. The van der Waals surface area contributed by atoms with Gasteiger partial charge in [-0.25, -0.2) is 0 Å². The maximum Gasteiger partial charge on any atom is 0.251 e. The average molecular weight is 267 g/mol. The third-order valence-electron chi connectivity index (χ3n) is 3.12. The number of hydrogen-bond donors (Lipinski definition) is 2. The largest absolute Gasteiger partial charge is 0.365 e. The van der Waals surface area contributed by atoms with Gasteiger partial charge in [0.25, 0.3) is 5.91 Å². The fourth-order valence-corrected chi connectivity index (χ4v) is 3.58. The minimum atomic E-state index is -0.457. The Labute approximate surface area is 110 Å². The van der Waals surface area contributed by atoms with Crippen LogP contribution >= 0.6 is 11.3 Å². The topological polar surface area (TPSA) is 75.4 Å². The molecule has 5 nitrogen and oxygen atoms in total. The Morgan fingerprint density at radius 2 is 2.22 bits per heavy atom. The molecule has 98 valence electrons. The van der Waals surface area contributed by atoms with Gasteiger partial charge in [0.2, 0.25) is 5.91 Å². The second-order valence-electron chi connectivity index (χ2n) is 4.37. The molecule has 0 bridgehead atoms. The van der Waals surface area contributed by atoms with Crippen molar-refractivity contribution in [3.8, 4) is 0 Å². The highest BCUT2D eigenvalue weighted by Gasteiger charge is 2.26. The highest BCUT2D eigenvalue weighted by Crippen LogP contribution is 2.36. The summed E-state index contributed by atoms with van der Waals surface area (Å²) < 4.78 is 0. The molecule has 0 aromatic carbocycles. The summed E-state index contributed by atoms with van der Waals surface area (Å²) in [6.45, 7) is 6.29. The number of likely N-dealkylation sites (N-methyl/N-ethyl adjacent to an activating group) is 1. The molecule has 18 heavy (non-hydrogen) atoms. The standard InChI is InChI=1S/C12H17N3O2S/c1-3-15-5-4-8-9(6-15)18-12(14-7(2)16)10(8)11(13)17/h3-6H2,1-2H3,(H2,13,17)(H,14,16). The molecule has 6 heteroatoms. The molecular weight excluding hydrogens is 250 g/mol. The van der Waals surface area contributed by atoms with Crippen molar-refractivity contribution >= 4 is 28.2 Å². The number of thiophene rings is 1. The number of fused-ring (bicyclic) bond motifs is 1. The summed E-state index contributed by atoms with van der Waals surface area (Å²) >= 11 is 1.46. The Morgan fingerprint density at radius 1 is 1.50 bits per heavy atom. The number of carbonyl (C=O) groups is 2. The zero-order chi connectivity index (χ0) is 13.3. The first-order chi connectivity index (χ1) is 8.52. The summed E-state index contributed by atoms with van der Waals surface area (Å²) in [6.07, 6.45) is 0.817. The Morgan fingerprint density at radius 3 is 2.78 bits per heavy atom. The van der Waals surface area contributed by atoms with Crippen LogP contribution in [0.3, 0.4) is 0 Å². The van der Waals surface area contributed by atoms with E-state index < -0.39 is 5.91 Å². The van der Waals surface area contributed by atoms with E-state index in [4.69, 9.17) is 5.73 Å². The van der Waals surface area contributed by atoms with Crippen molar-refractivity contribution in [2.24, 2.45) is 5.73 Å². The molecular formula is C12H17N3O2S. The molecule has 0 unspecified atom stereocenters. The quantitative estimate of drug-likeness (QED) is 0.863. The van der Waals surface area contributed by atoms with E-state index >= 15 is 0 Å². The highest BCUT2D eigenvalue weighted by molar-refractivity contribution is 7.17. The molecule has 1 aromatic rings. The van der Waals surface area contributed by atoms with Gasteiger partial charge >= 0.3 is 0 Å². The van der Waals surface area contributed by atoms with E-state index in [0.717, 1.165) is 36.5 Å². The lowest BCUT2D eigenvalue weighted by molar-refractivity contribution is -0.114. The molecule has 2 rings (SSSR count). The van der Waals surface area contributed by atoms with Crippen LogP contribution < -0.4 is 11.1 Å². The van der Waals surface area contributed by atoms with E-state index in [1.165, 1.54) is 18.3 Å². The van der Waals surface area contributed by atoms with Gasteiger partial charge < -0.3 is 11.1 Å². The fourth-order valence-electron chi connectivity index (χ4n) is 2.23. The van der Waals surface area contributed by atoms with Crippen LogP contribution in [0.4, 0.5) is 5.00 Å². The van der Waals surface area contributed by atoms with Gasteiger partial charge in [-0.05, 0) is 18.5 Å². The van der Waals surface area contributed by atoms with Crippen molar-refractivity contribution in [1.82, 2.24) is 4.90 Å². The number of nitrogens with two attached hydrogens (primary N) is 1. The van der Waals surface area contributed by atoms with Crippen LogP contribution in [-0.4, -0.2) is 29.8 Å². The normalized spacial score (nSPS) is 15.2. The van der Waals surface area contributed by atoms with E-state index in [-0.39, 0.29) is 5.91 Å². The molecule has 1 aliphatic rings. The predicted octanol–water partition coefficient (Wildman–Crippen LogP) is 1.18. The molecule has 0 atom stereocenters. The van der Waals surface area contributed by atoms with E-state index in [1.807, 2.05) is 0 Å². The van der Waals surface area contributed by atoms with Crippen LogP contribution in [-0.2, 0) is 17.8 Å². The predicted molar refractivity (Wildman–Crippen MR) is 71.8 cm³/mol. The minimum absolute atomic E-state index is 0.177. The van der Waals surface area contributed by atoms with Crippen molar-refractivity contribution in [1.29, 1.82) is 0 Å². The van der Waals surface area contributed by atoms with Crippen LogP contribution in [0, 0.1) is 0 Å². The summed E-state index contributed by atoms with van der Waals surface area (Å²) in [5, 5.41) is 3.30. The molecule has 0 fully saturated rings. The molecule has 0 spiro atoms. The van der Waals surface area contributed by atoms with Crippen molar-refractivity contribution < 1.29 is 9.59 Å². The van der Waals surface area contributed by atoms with Gasteiger partial charge in [0.05, 0.1) is 5.56 Å². The van der Waals surface area contributed by atoms with Gasteiger partial charge in [0.1, 0.15) is 5.00 Å². The average Bonchev–Trinajstić information content (AvgIpc) is 2.64. The van der Waals surface area contributed by atoms with Crippen LogP contribution in [0.5, 0.6) is 0 Å². The van der Waals surface area contributed by atoms with Gasteiger partial charge in [-0.1, -0.05) is 6.92 Å². The number of amides is 2. The Kier molecular flexibility index (Phi) is 3.68. The van der Waals surface area contributed by atoms with Crippen LogP contribution in [0.1, 0.15) is 34.6 Å². The van der Waals surface area contributed by atoms with E-state index in [2.05, 4.69) is 17.1 Å². The summed E-state index contributed by atoms with van der Waals surface area (Å²) in [7, 11) is 0. The summed E-state index contributed by atoms with van der Waals surface area (Å²) in [5.74, 6) is -0.635. The molecule has 0 saturated carbocycles. The lowest BCUT2D eigenvalue weighted by Crippen LogP contribution is -2.30. The Hall–Kier alpha value is -1.40. The molecule has 0 saturated heterocycles. The van der Waals surface area contributed by atoms with E-state index in [0.29, 0.717) is 10.6 Å². The number of hydrogen-bond acceptors (Lipinski definition) is 4. The smallest absolute Gasteiger partial charge is 0.251 e. The van der Waals surface area contributed by atoms with E-state index in [9.17, 15) is 9.59 Å². The Bertz CT molecular complexity index is 496. The monoisotopic (exact) mass is 267 g/mol. The zero-order valence-electron chi connectivity index (χ0n) is 10.6. The van der Waals surface area contributed by atoms with Gasteiger partial charge in [-0.2, -0.15) is 0 Å². The van der Waals surface area contributed by atoms with Crippen molar-refractivity contribution in [3.63, 3.8) is 0 Å². The number of nitrogens with zero attached hydrogens (tertiary/aromatic N) is 1. The SMILES string of the molecule is CCN1CCc2c(sc(NC(C)=O)c2C(N)=O)C1. The molecule has 2 heterocycles. The molecule has 0 radical (unpaired) electrons. The number of nitrogens with one attached hydrogen (secondary N) is 1. The summed E-state index contributed by atoms with van der Waals surface area (Å²) in [5.41, 5.74) is 6.94. The Balaban J connectivity index is 2.40. The molecule has 1 aliphatic heterocycles. The first-order valence-corrected chi connectivity index (χ1v) is 6.78. The number of rotatable bonds is 3. The molecule has 1 aromatic heterocycles. The van der Waals surface area contributed by atoms with Gasteiger partial charge in [-0.15, -0.1) is 11.3 Å². The van der Waals surface area contributed by atoms with Crippen LogP contribution in [0.15, 0.2) is 0 Å². The van der Waals surface area contributed by atoms with Crippen molar-refractivity contribution in [2.75, 3.05) is 18.4 Å². The molecule has 0 aliphatic carbocycles. The van der Waals surface area contributed by atoms with Gasteiger partial charge in [0, 0.05) is 24.9 Å². The minimum Gasteiger partial charge on any atom is -0.365 e. The van der Waals surface area contributed by atoms with E-state index in [1.54, 1.807) is 0 Å². The van der Waals surface area contributed by atoms with Crippen LogP contribution in [0.2, 0.25) is 0 Å². The number of anilines is 1. The zero-order valence-corrected chi connectivity index (χ0v) is 11.4. The van der Waals surface area contributed by atoms with Gasteiger partial charge in [-0.3, -0.25) is 14.5 Å². The second kappa shape index (κ2) is 5.07. The van der Waals surface area contributed by atoms with Crippen molar-refractivity contribution in [2.45, 2.75) is 26.8 Å². The molecule has 2 amide bonds. The molecule has 3 N–H and O–H groups in total. The second-order valence-corrected chi connectivity index (χ2v) is 5.48. The van der Waals surface area contributed by atoms with Crippen LogP contribution in [0.25, 0.3) is 0 Å². The third-order valence-corrected chi connectivity index (χ3v) is 4.25. The number of primary amides is 1. The maximum atomic E-state index is 11.6. The first-order valence-electron chi connectivity index (χ1n) is 5.97. The van der Waals surface area contributed by atoms with Crippen molar-refractivity contribution in [3.05, 3.63) is 16.0 Å². The summed E-state index contributed by atoms with van der Waals surface area (Å²) in [6, 6.07) is 0. The lowest BCUT2D eigenvalue weighted by Gasteiger charge is -2.25. The van der Waals surface area contributed by atoms with Gasteiger partial charge in [0.15, 0.2) is 0 Å². The first kappa shape index (κ1) is 13.0. The fraction of sp³-hybridized carbons (Fsp3) is 0.500. The third kappa shape index (κ3) is 2.39. The highest BCUT2D eigenvalue weighted by atomic mass is 32.1. The summed E-state index contributed by atoms with van der Waals surface area (Å²) in [4.78, 5) is 26.2. The number of carbonyl (C=O) groups excluding carboxylic acids is 2. The maximum absolute atomic E-state index is 11.6.